The van der Waals surface area contributed by atoms with Gasteiger partial charge in [-0.05, 0) is 76.9 Å². The van der Waals surface area contributed by atoms with E-state index in [-0.39, 0.29) is 0 Å². The number of thiophene rings is 2. The van der Waals surface area contributed by atoms with Gasteiger partial charge in [0.1, 0.15) is 0 Å². The lowest BCUT2D eigenvalue weighted by Crippen LogP contribution is -1.93. The van der Waals surface area contributed by atoms with Gasteiger partial charge in [0.05, 0.1) is 11.0 Å². The van der Waals surface area contributed by atoms with E-state index in [4.69, 9.17) is 0 Å². The molecule has 0 spiro atoms. The number of aromatic nitrogens is 1. The van der Waals surface area contributed by atoms with Gasteiger partial charge in [-0.15, -0.1) is 22.7 Å². The van der Waals surface area contributed by atoms with Gasteiger partial charge in [0.25, 0.3) is 0 Å². The number of hydrogen-bond donors (Lipinski definition) is 0. The van der Waals surface area contributed by atoms with E-state index in [2.05, 4.69) is 156 Å². The Morgan fingerprint density at radius 1 is 0.356 bits per heavy atom. The highest BCUT2D eigenvalue weighted by molar-refractivity contribution is 7.29. The Morgan fingerprint density at radius 2 is 0.978 bits per heavy atom. The van der Waals surface area contributed by atoms with Crippen molar-refractivity contribution in [2.75, 3.05) is 0 Å². The molecule has 3 heteroatoms. The lowest BCUT2D eigenvalue weighted by molar-refractivity contribution is 1.19. The molecular formula is C42H25NS2. The Hall–Kier alpha value is -5.22. The molecule has 10 aromatic rings. The summed E-state index contributed by atoms with van der Waals surface area (Å²) in [5.41, 5.74) is 8.68. The van der Waals surface area contributed by atoms with Crippen LogP contribution in [-0.2, 0) is 0 Å². The predicted octanol–water partition coefficient (Wildman–Crippen LogP) is 12.9. The first-order chi connectivity index (χ1) is 22.3. The van der Waals surface area contributed by atoms with Crippen molar-refractivity contribution in [3.05, 3.63) is 152 Å². The van der Waals surface area contributed by atoms with Gasteiger partial charge in [0.15, 0.2) is 0 Å². The summed E-state index contributed by atoms with van der Waals surface area (Å²) < 4.78 is 7.81. The van der Waals surface area contributed by atoms with E-state index in [0.29, 0.717) is 0 Å². The predicted molar refractivity (Wildman–Crippen MR) is 197 cm³/mol. The highest BCUT2D eigenvalue weighted by atomic mass is 32.1. The van der Waals surface area contributed by atoms with Crippen molar-refractivity contribution in [3.8, 4) is 27.9 Å². The third-order valence-electron chi connectivity index (χ3n) is 9.19. The van der Waals surface area contributed by atoms with Crippen LogP contribution < -0.4 is 0 Å². The molecule has 0 fully saturated rings. The van der Waals surface area contributed by atoms with Crippen LogP contribution in [0.4, 0.5) is 0 Å². The zero-order valence-electron chi connectivity index (χ0n) is 24.2. The fourth-order valence-corrected chi connectivity index (χ4v) is 9.51. The third-order valence-corrected chi connectivity index (χ3v) is 11.5. The molecular weight excluding hydrogens is 583 g/mol. The molecule has 3 heterocycles. The van der Waals surface area contributed by atoms with E-state index in [1.54, 1.807) is 0 Å². The molecule has 0 atom stereocenters. The number of benzene rings is 7. The van der Waals surface area contributed by atoms with E-state index in [0.717, 1.165) is 0 Å². The Morgan fingerprint density at radius 3 is 1.78 bits per heavy atom. The summed E-state index contributed by atoms with van der Waals surface area (Å²) in [5, 5.41) is 7.97. The van der Waals surface area contributed by atoms with Crippen LogP contribution in [0.2, 0.25) is 0 Å². The first-order valence-corrected chi connectivity index (χ1v) is 16.9. The average molecular weight is 608 g/mol. The number of para-hydroxylation sites is 2. The minimum atomic E-state index is 1.20. The van der Waals surface area contributed by atoms with Crippen LogP contribution in [0, 0.1) is 0 Å². The molecule has 1 nitrogen and oxygen atoms in total. The molecule has 0 unspecified atom stereocenters. The van der Waals surface area contributed by atoms with Crippen LogP contribution in [-0.4, -0.2) is 4.57 Å². The molecule has 0 N–H and O–H groups in total. The van der Waals surface area contributed by atoms with Gasteiger partial charge in [-0.25, -0.2) is 0 Å². The van der Waals surface area contributed by atoms with Crippen molar-refractivity contribution in [2.24, 2.45) is 0 Å². The van der Waals surface area contributed by atoms with Crippen LogP contribution in [0.5, 0.6) is 0 Å². The maximum Gasteiger partial charge on any atom is 0.0541 e. The molecule has 45 heavy (non-hydrogen) atoms. The summed E-state index contributed by atoms with van der Waals surface area (Å²) >= 11 is 3.82. The molecule has 0 amide bonds. The Labute approximate surface area is 267 Å². The Kier molecular flexibility index (Phi) is 5.39. The number of hydrogen-bond acceptors (Lipinski definition) is 2. The fourth-order valence-electron chi connectivity index (χ4n) is 7.11. The van der Waals surface area contributed by atoms with Gasteiger partial charge in [0.2, 0.25) is 0 Å². The number of fused-ring (bicyclic) bond motifs is 10. The summed E-state index contributed by atoms with van der Waals surface area (Å²) in [4.78, 5) is 0. The largest absolute Gasteiger partial charge is 0.309 e. The van der Waals surface area contributed by atoms with Crippen LogP contribution >= 0.6 is 22.7 Å². The third kappa shape index (κ3) is 3.78. The molecule has 10 rings (SSSR count). The second-order valence-corrected chi connectivity index (χ2v) is 13.9. The minimum Gasteiger partial charge on any atom is -0.309 e. The van der Waals surface area contributed by atoms with E-state index >= 15 is 0 Å². The zero-order valence-corrected chi connectivity index (χ0v) is 25.8. The van der Waals surface area contributed by atoms with Gasteiger partial charge in [-0.1, -0.05) is 97.1 Å². The molecule has 0 aliphatic carbocycles. The highest BCUT2D eigenvalue weighted by Crippen LogP contribution is 2.46. The van der Waals surface area contributed by atoms with Gasteiger partial charge in [-0.3, -0.25) is 0 Å². The molecule has 210 valence electrons. The molecule has 7 aromatic carbocycles. The standard InChI is InChI=1S/C42H25NS2/c1-2-9-26(10-3-1)27-11-8-12-28(23-27)29-17-20-39-35(24-29)41-40(44-39)22-19-33-34-25-30(18-21-38(34)45-42(33)41)43-36-15-6-4-13-31(36)32-14-5-7-16-37(32)43/h1-25H. The maximum atomic E-state index is 2.42. The normalized spacial score (nSPS) is 12.0. The zero-order chi connectivity index (χ0) is 29.5. The first-order valence-electron chi connectivity index (χ1n) is 15.3. The fraction of sp³-hybridized carbons (Fsp3) is 0. The summed E-state index contributed by atoms with van der Waals surface area (Å²) in [5.74, 6) is 0. The average Bonchev–Trinajstić information content (AvgIpc) is 3.77. The van der Waals surface area contributed by atoms with Gasteiger partial charge in [0, 0.05) is 56.8 Å². The molecule has 0 radical (unpaired) electrons. The van der Waals surface area contributed by atoms with Crippen LogP contribution in [0.1, 0.15) is 0 Å². The van der Waals surface area contributed by atoms with Crippen molar-refractivity contribution in [2.45, 2.75) is 0 Å². The van der Waals surface area contributed by atoms with Crippen molar-refractivity contribution in [1.29, 1.82) is 0 Å². The second-order valence-electron chi connectivity index (χ2n) is 11.7. The van der Waals surface area contributed by atoms with Crippen molar-refractivity contribution in [3.63, 3.8) is 0 Å². The van der Waals surface area contributed by atoms with E-state index in [1.165, 1.54) is 90.1 Å². The quantitative estimate of drug-likeness (QED) is 0.188. The molecule has 0 aliphatic rings. The summed E-state index contributed by atoms with van der Waals surface area (Å²) in [6, 6.07) is 55.7. The van der Waals surface area contributed by atoms with Gasteiger partial charge >= 0.3 is 0 Å². The summed E-state index contributed by atoms with van der Waals surface area (Å²) in [6.45, 7) is 0. The lowest BCUT2D eigenvalue weighted by Gasteiger charge is -2.08. The monoisotopic (exact) mass is 607 g/mol. The molecule has 0 aliphatic heterocycles. The Balaban J connectivity index is 1.17. The van der Waals surface area contributed by atoms with Crippen molar-refractivity contribution >= 4 is 84.8 Å². The van der Waals surface area contributed by atoms with Crippen molar-refractivity contribution in [1.82, 2.24) is 4.57 Å². The first kappa shape index (κ1) is 25.1. The molecule has 3 aromatic heterocycles. The summed E-state index contributed by atoms with van der Waals surface area (Å²) in [6.07, 6.45) is 0. The molecule has 0 saturated carbocycles. The molecule has 0 bridgehead atoms. The van der Waals surface area contributed by atoms with Crippen molar-refractivity contribution < 1.29 is 0 Å². The van der Waals surface area contributed by atoms with Gasteiger partial charge < -0.3 is 4.57 Å². The SMILES string of the molecule is c1ccc(-c2cccc(-c3ccc4sc5ccc6c7cc(-n8c9ccccc9c9ccccc98)ccc7sc6c5c4c3)c2)cc1. The smallest absolute Gasteiger partial charge is 0.0541 e. The van der Waals surface area contributed by atoms with Crippen LogP contribution in [0.15, 0.2) is 152 Å². The van der Waals surface area contributed by atoms with Crippen LogP contribution in [0.25, 0.3) is 90.1 Å². The lowest BCUT2D eigenvalue weighted by atomic mass is 9.98. The maximum absolute atomic E-state index is 2.42. The van der Waals surface area contributed by atoms with Gasteiger partial charge in [-0.2, -0.15) is 0 Å². The second kappa shape index (κ2) is 9.64. The minimum absolute atomic E-state index is 1.20. The number of rotatable bonds is 3. The van der Waals surface area contributed by atoms with E-state index in [9.17, 15) is 0 Å². The molecule has 0 saturated heterocycles. The number of nitrogens with zero attached hydrogens (tertiary/aromatic N) is 1. The van der Waals surface area contributed by atoms with E-state index in [1.807, 2.05) is 22.7 Å². The Bertz CT molecular complexity index is 2710. The van der Waals surface area contributed by atoms with Crippen LogP contribution in [0.3, 0.4) is 0 Å². The highest BCUT2D eigenvalue weighted by Gasteiger charge is 2.17. The topological polar surface area (TPSA) is 4.93 Å². The summed E-state index contributed by atoms with van der Waals surface area (Å²) in [7, 11) is 0. The van der Waals surface area contributed by atoms with E-state index < -0.39 is 0 Å².